The van der Waals surface area contributed by atoms with Crippen molar-refractivity contribution in [3.63, 3.8) is 0 Å². The first kappa shape index (κ1) is 54.2. The number of phosphoric acid groups is 1. The van der Waals surface area contributed by atoms with Crippen molar-refractivity contribution in [1.82, 2.24) is 0 Å². The van der Waals surface area contributed by atoms with Gasteiger partial charge >= 0.3 is 25.7 Å². The number of carbonyl (C=O) groups excluding carboxylic acids is 2. The summed E-state index contributed by atoms with van der Waals surface area (Å²) in [4.78, 5) is 45.9. The lowest BCUT2D eigenvalue weighted by atomic mass is 10.1. The number of allylic oxidation sites excluding steroid dienone is 10. The van der Waals surface area contributed by atoms with Crippen LogP contribution in [-0.4, -0.2) is 59.9 Å². The van der Waals surface area contributed by atoms with Gasteiger partial charge in [-0.05, 0) is 57.8 Å². The van der Waals surface area contributed by atoms with Crippen molar-refractivity contribution in [2.75, 3.05) is 19.8 Å². The average molecular weight is 824 g/mol. The molecule has 0 aliphatic heterocycles. The van der Waals surface area contributed by atoms with Crippen LogP contribution in [0.2, 0.25) is 0 Å². The predicted molar refractivity (Wildman–Crippen MR) is 231 cm³/mol. The monoisotopic (exact) mass is 824 g/mol. The Labute approximate surface area is 345 Å². The molecule has 0 aliphatic carbocycles. The number of carboxylic acid groups (broad SMARTS) is 1. The molecule has 0 aromatic heterocycles. The Kier molecular flexibility index (Phi) is 38.0. The molecule has 0 saturated heterocycles. The van der Waals surface area contributed by atoms with E-state index in [0.29, 0.717) is 12.8 Å². The van der Waals surface area contributed by atoms with Crippen LogP contribution in [0.3, 0.4) is 0 Å². The van der Waals surface area contributed by atoms with E-state index in [1.807, 2.05) is 24.3 Å². The number of aliphatic carboxylic acids is 1. The zero-order valence-electron chi connectivity index (χ0n) is 35.4. The van der Waals surface area contributed by atoms with E-state index in [9.17, 15) is 23.8 Å². The largest absolute Gasteiger partial charge is 0.480 e. The molecule has 0 fully saturated rings. The van der Waals surface area contributed by atoms with E-state index in [1.165, 1.54) is 70.6 Å². The van der Waals surface area contributed by atoms with E-state index in [4.69, 9.17) is 24.8 Å². The second-order valence-electron chi connectivity index (χ2n) is 14.5. The Balaban J connectivity index is 4.34. The summed E-state index contributed by atoms with van der Waals surface area (Å²) < 4.78 is 32.7. The molecule has 2 unspecified atom stereocenters. The van der Waals surface area contributed by atoms with Crippen molar-refractivity contribution in [3.8, 4) is 0 Å². The Morgan fingerprint density at radius 1 is 0.561 bits per heavy atom. The maximum absolute atomic E-state index is 12.6. The van der Waals surface area contributed by atoms with Crippen LogP contribution in [0.15, 0.2) is 60.8 Å². The third-order valence-electron chi connectivity index (χ3n) is 9.09. The normalized spacial score (nSPS) is 14.3. The Hall–Kier alpha value is -2.82. The van der Waals surface area contributed by atoms with Gasteiger partial charge in [-0.25, -0.2) is 4.57 Å². The van der Waals surface area contributed by atoms with Gasteiger partial charge in [0.15, 0.2) is 6.10 Å². The number of esters is 2. The lowest BCUT2D eigenvalue weighted by Gasteiger charge is -2.20. The highest BCUT2D eigenvalue weighted by Gasteiger charge is 2.28. The smallest absolute Gasteiger partial charge is 0.472 e. The fourth-order valence-corrected chi connectivity index (χ4v) is 6.42. The molecule has 0 aliphatic rings. The molecule has 0 saturated carbocycles. The van der Waals surface area contributed by atoms with Gasteiger partial charge in [-0.3, -0.25) is 23.4 Å². The lowest BCUT2D eigenvalue weighted by molar-refractivity contribution is -0.161. The molecule has 0 aromatic rings. The van der Waals surface area contributed by atoms with Crippen LogP contribution in [0, 0.1) is 0 Å². The Morgan fingerprint density at radius 2 is 0.982 bits per heavy atom. The first-order valence-corrected chi connectivity index (χ1v) is 23.4. The van der Waals surface area contributed by atoms with Crippen molar-refractivity contribution in [2.45, 2.75) is 187 Å². The summed E-state index contributed by atoms with van der Waals surface area (Å²) in [6.45, 7) is 2.62. The van der Waals surface area contributed by atoms with Crippen molar-refractivity contribution < 1.29 is 47.5 Å². The highest BCUT2D eigenvalue weighted by Crippen LogP contribution is 2.43. The summed E-state index contributed by atoms with van der Waals surface area (Å²) in [6, 6.07) is -1.53. The molecular weight excluding hydrogens is 745 g/mol. The number of hydrogen-bond acceptors (Lipinski definition) is 9. The maximum Gasteiger partial charge on any atom is 0.472 e. The zero-order chi connectivity index (χ0) is 42.1. The van der Waals surface area contributed by atoms with Gasteiger partial charge in [-0.15, -0.1) is 0 Å². The summed E-state index contributed by atoms with van der Waals surface area (Å²) in [5, 5.41) is 8.88. The summed E-state index contributed by atoms with van der Waals surface area (Å²) in [5.74, 6) is -2.41. The first-order valence-electron chi connectivity index (χ1n) is 21.9. The van der Waals surface area contributed by atoms with E-state index in [0.717, 1.165) is 64.2 Å². The number of rotatable bonds is 40. The zero-order valence-corrected chi connectivity index (χ0v) is 36.3. The lowest BCUT2D eigenvalue weighted by Crippen LogP contribution is -2.34. The molecule has 4 N–H and O–H groups in total. The molecule has 0 bridgehead atoms. The topological polar surface area (TPSA) is 172 Å². The highest BCUT2D eigenvalue weighted by molar-refractivity contribution is 7.47. The molecule has 0 aromatic carbocycles. The van der Waals surface area contributed by atoms with Gasteiger partial charge < -0.3 is 25.2 Å². The van der Waals surface area contributed by atoms with Crippen molar-refractivity contribution >= 4 is 25.7 Å². The molecule has 0 spiro atoms. The van der Waals surface area contributed by atoms with E-state index < -0.39 is 51.1 Å². The van der Waals surface area contributed by atoms with Crippen molar-refractivity contribution in [1.29, 1.82) is 0 Å². The summed E-state index contributed by atoms with van der Waals surface area (Å²) in [7, 11) is -4.72. The second-order valence-corrected chi connectivity index (χ2v) is 16.0. The minimum Gasteiger partial charge on any atom is -0.480 e. The van der Waals surface area contributed by atoms with Gasteiger partial charge in [0.1, 0.15) is 12.6 Å². The van der Waals surface area contributed by atoms with Crippen LogP contribution in [0.4, 0.5) is 0 Å². The van der Waals surface area contributed by atoms with Crippen LogP contribution in [0.5, 0.6) is 0 Å². The van der Waals surface area contributed by atoms with Gasteiger partial charge in [0, 0.05) is 12.8 Å². The van der Waals surface area contributed by atoms with E-state index in [1.54, 1.807) is 0 Å². The number of phosphoric ester groups is 1. The second kappa shape index (κ2) is 40.0. The first-order chi connectivity index (χ1) is 27.6. The quantitative estimate of drug-likeness (QED) is 0.0232. The van der Waals surface area contributed by atoms with Crippen LogP contribution >= 0.6 is 7.82 Å². The maximum atomic E-state index is 12.6. The van der Waals surface area contributed by atoms with Crippen LogP contribution in [0.1, 0.15) is 174 Å². The van der Waals surface area contributed by atoms with Crippen LogP contribution in [0.25, 0.3) is 0 Å². The number of carbonyl (C=O) groups is 3. The van der Waals surface area contributed by atoms with Gasteiger partial charge in [0.05, 0.1) is 13.2 Å². The summed E-state index contributed by atoms with van der Waals surface area (Å²) in [6.07, 6.45) is 45.7. The average Bonchev–Trinajstić information content (AvgIpc) is 3.19. The van der Waals surface area contributed by atoms with E-state index in [2.05, 4.69) is 54.8 Å². The number of unbranched alkanes of at least 4 members (excludes halogenated alkanes) is 19. The van der Waals surface area contributed by atoms with Gasteiger partial charge in [0.2, 0.25) is 0 Å². The van der Waals surface area contributed by atoms with E-state index in [-0.39, 0.29) is 19.4 Å². The number of nitrogens with two attached hydrogens (primary N) is 1. The Bertz CT molecular complexity index is 1200. The molecule has 328 valence electrons. The van der Waals surface area contributed by atoms with Gasteiger partial charge in [0.25, 0.3) is 0 Å². The minimum absolute atomic E-state index is 0.135. The molecule has 0 heterocycles. The molecule has 57 heavy (non-hydrogen) atoms. The number of ether oxygens (including phenoxy) is 2. The molecule has 12 heteroatoms. The van der Waals surface area contributed by atoms with Crippen molar-refractivity contribution in [3.05, 3.63) is 60.8 Å². The SMILES string of the molecule is CC/C=C/C=C/C=C/CCCCCCCC(=O)OC(COC(=O)CCCCCCCCCCCC/C=C/C=C/CCCCCC)COP(=O)(O)OC[C@@H](N)C(=O)O. The Morgan fingerprint density at radius 3 is 1.47 bits per heavy atom. The summed E-state index contributed by atoms with van der Waals surface area (Å²) >= 11 is 0. The third-order valence-corrected chi connectivity index (χ3v) is 10.0. The van der Waals surface area contributed by atoms with Gasteiger partial charge in [-0.2, -0.15) is 0 Å². The molecule has 0 amide bonds. The van der Waals surface area contributed by atoms with E-state index >= 15 is 0 Å². The molecular formula is C45H78NO10P. The standard InChI is InChI=1S/C45H78NO10P/c1-3-5-7-9-11-13-15-17-18-19-20-21-22-23-25-26-28-30-32-34-36-43(47)53-38-41(39-54-57(51,52)55-40-42(46)45(49)50)56-44(48)37-35-33-31-29-27-24-16-14-12-10-8-6-4-2/h6,8,10,12-18,41-42H,3-5,7,9,11,19-40,46H2,1-2H3,(H,49,50)(H,51,52)/b8-6+,12-10+,15-13+,16-14+,18-17+/t41?,42-/m1/s1. The molecule has 0 radical (unpaired) electrons. The molecule has 0 rings (SSSR count). The fraction of sp³-hybridized carbons (Fsp3) is 0.711. The summed E-state index contributed by atoms with van der Waals surface area (Å²) in [5.41, 5.74) is 5.33. The number of carboxylic acids is 1. The van der Waals surface area contributed by atoms with Crippen LogP contribution < -0.4 is 5.73 Å². The van der Waals surface area contributed by atoms with Crippen LogP contribution in [-0.2, 0) is 37.5 Å². The molecule has 11 nitrogen and oxygen atoms in total. The molecule has 3 atom stereocenters. The van der Waals surface area contributed by atoms with Gasteiger partial charge in [-0.1, -0.05) is 164 Å². The number of hydrogen-bond donors (Lipinski definition) is 3. The van der Waals surface area contributed by atoms with Crippen molar-refractivity contribution in [2.24, 2.45) is 5.73 Å². The predicted octanol–water partition coefficient (Wildman–Crippen LogP) is 11.6. The highest BCUT2D eigenvalue weighted by atomic mass is 31.2. The fourth-order valence-electron chi connectivity index (χ4n) is 5.64. The third kappa shape index (κ3) is 39.8. The minimum atomic E-state index is -4.72.